The van der Waals surface area contributed by atoms with Crippen molar-refractivity contribution in [3.63, 3.8) is 0 Å². The summed E-state index contributed by atoms with van der Waals surface area (Å²) in [6.45, 7) is 2.51. The number of nitrogens with zero attached hydrogens (tertiary/aromatic N) is 5. The highest BCUT2D eigenvalue weighted by Crippen LogP contribution is 2.21. The summed E-state index contributed by atoms with van der Waals surface area (Å²) in [5, 5.41) is 5.01. The van der Waals surface area contributed by atoms with Crippen LogP contribution in [0.3, 0.4) is 0 Å². The lowest BCUT2D eigenvalue weighted by Crippen LogP contribution is -2.27. The summed E-state index contributed by atoms with van der Waals surface area (Å²) < 4.78 is 9.22. The number of fused-ring (bicyclic) bond motifs is 1. The fraction of sp³-hybridized carbons (Fsp3) is 0.190. The molecule has 7 nitrogen and oxygen atoms in total. The van der Waals surface area contributed by atoms with E-state index in [2.05, 4.69) is 10.1 Å². The second kappa shape index (κ2) is 7.97. The average molecular weight is 410 g/mol. The highest BCUT2D eigenvalue weighted by Gasteiger charge is 2.16. The molecule has 0 aliphatic heterocycles. The quantitative estimate of drug-likeness (QED) is 0.486. The highest BCUT2D eigenvalue weighted by molar-refractivity contribution is 6.31. The van der Waals surface area contributed by atoms with Gasteiger partial charge in [0.25, 0.3) is 5.91 Å². The van der Waals surface area contributed by atoms with Crippen molar-refractivity contribution in [2.45, 2.75) is 20.2 Å². The van der Waals surface area contributed by atoms with E-state index >= 15 is 0 Å². The van der Waals surface area contributed by atoms with Gasteiger partial charge < -0.3 is 14.0 Å². The second-order valence-electron chi connectivity index (χ2n) is 6.78. The Labute approximate surface area is 173 Å². The lowest BCUT2D eigenvalue weighted by Gasteiger charge is -2.14. The summed E-state index contributed by atoms with van der Waals surface area (Å²) in [6, 6.07) is 12.9. The Morgan fingerprint density at radius 3 is 2.86 bits per heavy atom. The van der Waals surface area contributed by atoms with E-state index in [0.29, 0.717) is 23.0 Å². The van der Waals surface area contributed by atoms with Crippen molar-refractivity contribution < 1.29 is 9.53 Å². The Kier molecular flexibility index (Phi) is 5.22. The Balaban J connectivity index is 1.38. The van der Waals surface area contributed by atoms with Gasteiger partial charge in [0.05, 0.1) is 12.2 Å². The van der Waals surface area contributed by atoms with E-state index in [1.54, 1.807) is 41.0 Å². The van der Waals surface area contributed by atoms with Gasteiger partial charge in [-0.2, -0.15) is 5.10 Å². The minimum atomic E-state index is -0.178. The molecule has 0 N–H and O–H groups in total. The summed E-state index contributed by atoms with van der Waals surface area (Å²) in [6.07, 6.45) is 5.56. The van der Waals surface area contributed by atoms with Crippen LogP contribution in [0.25, 0.3) is 5.65 Å². The largest absolute Gasteiger partial charge is 0.471 e. The van der Waals surface area contributed by atoms with Crippen LogP contribution < -0.4 is 4.74 Å². The van der Waals surface area contributed by atoms with Crippen LogP contribution in [-0.4, -0.2) is 37.0 Å². The maximum absolute atomic E-state index is 12.7. The van der Waals surface area contributed by atoms with E-state index in [4.69, 9.17) is 16.3 Å². The predicted molar refractivity (Wildman–Crippen MR) is 110 cm³/mol. The molecule has 0 spiro atoms. The Morgan fingerprint density at radius 1 is 1.21 bits per heavy atom. The van der Waals surface area contributed by atoms with E-state index in [-0.39, 0.29) is 12.6 Å². The molecule has 0 radical (unpaired) electrons. The first kappa shape index (κ1) is 19.0. The van der Waals surface area contributed by atoms with Gasteiger partial charge >= 0.3 is 0 Å². The van der Waals surface area contributed by atoms with Crippen LogP contribution >= 0.6 is 11.6 Å². The van der Waals surface area contributed by atoms with Crippen molar-refractivity contribution in [1.29, 1.82) is 0 Å². The number of carbonyl (C=O) groups is 1. The van der Waals surface area contributed by atoms with E-state index in [9.17, 15) is 4.79 Å². The van der Waals surface area contributed by atoms with E-state index in [0.717, 1.165) is 16.9 Å². The Morgan fingerprint density at radius 2 is 2.07 bits per heavy atom. The molecule has 0 atom stereocenters. The number of halogens is 1. The van der Waals surface area contributed by atoms with Crippen LogP contribution in [-0.2, 0) is 13.3 Å². The second-order valence-corrected chi connectivity index (χ2v) is 7.19. The highest BCUT2D eigenvalue weighted by atomic mass is 35.5. The summed E-state index contributed by atoms with van der Waals surface area (Å²) in [5.74, 6) is 0.516. The van der Waals surface area contributed by atoms with E-state index in [1.165, 1.54) is 0 Å². The third-order valence-corrected chi connectivity index (χ3v) is 4.94. The van der Waals surface area contributed by atoms with Crippen molar-refractivity contribution in [2.75, 3.05) is 7.05 Å². The van der Waals surface area contributed by atoms with Crippen molar-refractivity contribution >= 4 is 23.2 Å². The molecule has 0 unspecified atom stereocenters. The summed E-state index contributed by atoms with van der Waals surface area (Å²) >= 11 is 6.03. The average Bonchev–Trinajstić information content (AvgIpc) is 3.34. The molecular formula is C21H20ClN5O2. The monoisotopic (exact) mass is 409 g/mol. The van der Waals surface area contributed by atoms with Crippen molar-refractivity contribution in [2.24, 2.45) is 0 Å². The number of pyridine rings is 1. The number of hydrogen-bond acceptors (Lipinski definition) is 4. The number of amides is 1. The van der Waals surface area contributed by atoms with Crippen molar-refractivity contribution in [3.8, 4) is 5.75 Å². The molecule has 0 saturated carbocycles. The number of benzene rings is 1. The molecule has 1 aromatic carbocycles. The van der Waals surface area contributed by atoms with Crippen LogP contribution in [0.4, 0.5) is 0 Å². The Bertz CT molecular complexity index is 1130. The van der Waals surface area contributed by atoms with Gasteiger partial charge in [-0.1, -0.05) is 17.7 Å². The molecule has 4 aromatic rings. The fourth-order valence-electron chi connectivity index (χ4n) is 2.97. The third-order valence-electron chi connectivity index (χ3n) is 4.51. The molecule has 29 heavy (non-hydrogen) atoms. The topological polar surface area (TPSA) is 64.7 Å². The molecule has 0 aliphatic carbocycles. The maximum Gasteiger partial charge on any atom is 0.274 e. The van der Waals surface area contributed by atoms with Crippen LogP contribution in [0.15, 0.2) is 61.1 Å². The first-order chi connectivity index (χ1) is 14.0. The normalized spacial score (nSPS) is 11.0. The molecule has 3 heterocycles. The van der Waals surface area contributed by atoms with Gasteiger partial charge in [0.2, 0.25) is 0 Å². The minimum absolute atomic E-state index is 0.178. The van der Waals surface area contributed by atoms with Gasteiger partial charge in [-0.25, -0.2) is 9.67 Å². The van der Waals surface area contributed by atoms with Gasteiger partial charge in [0.15, 0.2) is 12.4 Å². The molecule has 3 aromatic heterocycles. The van der Waals surface area contributed by atoms with Crippen molar-refractivity contribution in [3.05, 3.63) is 83.0 Å². The number of aromatic nitrogens is 4. The zero-order chi connectivity index (χ0) is 20.4. The number of carbonyl (C=O) groups excluding carboxylic acids is 1. The lowest BCUT2D eigenvalue weighted by atomic mass is 10.2. The van der Waals surface area contributed by atoms with Gasteiger partial charge in [0, 0.05) is 30.7 Å². The third kappa shape index (κ3) is 4.25. The molecule has 0 saturated heterocycles. The van der Waals surface area contributed by atoms with Gasteiger partial charge in [-0.15, -0.1) is 0 Å². The standard InChI is InChI=1S/C21H20ClN5O2/c1-15-11-17(6-7-18(15)22)29-14-27-10-8-19(24-27)21(28)25(2)12-16-13-26-9-4-3-5-20(26)23-16/h3-11,13H,12,14H2,1-2H3. The maximum atomic E-state index is 12.7. The summed E-state index contributed by atoms with van der Waals surface area (Å²) in [4.78, 5) is 18.8. The van der Waals surface area contributed by atoms with Crippen molar-refractivity contribution in [1.82, 2.24) is 24.1 Å². The molecule has 8 heteroatoms. The molecule has 0 aliphatic rings. The number of rotatable bonds is 6. The van der Waals surface area contributed by atoms with E-state index in [1.807, 2.05) is 48.0 Å². The number of hydrogen-bond donors (Lipinski definition) is 0. The van der Waals surface area contributed by atoms with Crippen LogP contribution in [0.1, 0.15) is 21.7 Å². The number of aryl methyl sites for hydroxylation is 1. The first-order valence-electron chi connectivity index (χ1n) is 9.10. The fourth-order valence-corrected chi connectivity index (χ4v) is 3.09. The van der Waals surface area contributed by atoms with Crippen LogP contribution in [0, 0.1) is 6.92 Å². The van der Waals surface area contributed by atoms with Crippen LogP contribution in [0.2, 0.25) is 5.02 Å². The minimum Gasteiger partial charge on any atom is -0.471 e. The van der Waals surface area contributed by atoms with Gasteiger partial charge in [-0.3, -0.25) is 4.79 Å². The molecular weight excluding hydrogens is 390 g/mol. The first-order valence-corrected chi connectivity index (χ1v) is 9.48. The Hall–Kier alpha value is -3.32. The molecule has 1 amide bonds. The van der Waals surface area contributed by atoms with Gasteiger partial charge in [-0.05, 0) is 48.9 Å². The molecule has 0 bridgehead atoms. The molecule has 0 fully saturated rings. The van der Waals surface area contributed by atoms with Gasteiger partial charge in [0.1, 0.15) is 11.4 Å². The summed E-state index contributed by atoms with van der Waals surface area (Å²) in [5.41, 5.74) is 2.95. The lowest BCUT2D eigenvalue weighted by molar-refractivity contribution is 0.0775. The number of imidazole rings is 1. The van der Waals surface area contributed by atoms with E-state index < -0.39 is 0 Å². The number of ether oxygens (including phenoxy) is 1. The smallest absolute Gasteiger partial charge is 0.274 e. The molecule has 148 valence electrons. The predicted octanol–water partition coefficient (Wildman–Crippen LogP) is 3.80. The SMILES string of the molecule is Cc1cc(OCn2ccc(C(=O)N(C)Cc3cn4ccccc4n3)n2)ccc1Cl. The zero-order valence-corrected chi connectivity index (χ0v) is 16.9. The molecule has 4 rings (SSSR count). The zero-order valence-electron chi connectivity index (χ0n) is 16.1. The summed E-state index contributed by atoms with van der Waals surface area (Å²) in [7, 11) is 1.73. The van der Waals surface area contributed by atoms with Crippen LogP contribution in [0.5, 0.6) is 5.75 Å².